The van der Waals surface area contributed by atoms with Crippen LogP contribution >= 0.6 is 7.60 Å². The highest BCUT2D eigenvalue weighted by Gasteiger charge is 2.22. The molecule has 0 saturated heterocycles. The Balaban J connectivity index is 2.11. The second kappa shape index (κ2) is 7.39. The monoisotopic (exact) mass is 389 g/mol. The number of aromatic amines is 1. The molecule has 0 spiro atoms. The lowest BCUT2D eigenvalue weighted by molar-refractivity contribution is 0.386. The number of aromatic nitrogens is 1. The molecule has 27 heavy (non-hydrogen) atoms. The molecule has 0 bridgehead atoms. The zero-order chi connectivity index (χ0) is 19.8. The minimum absolute atomic E-state index is 0.117. The van der Waals surface area contributed by atoms with Gasteiger partial charge in [0.25, 0.3) is 0 Å². The van der Waals surface area contributed by atoms with E-state index in [2.05, 4.69) is 11.9 Å². The first-order valence-electron chi connectivity index (χ1n) is 8.78. The van der Waals surface area contributed by atoms with E-state index in [1.807, 2.05) is 38.1 Å². The second-order valence-corrected chi connectivity index (χ2v) is 8.20. The molecule has 0 unspecified atom stereocenters. The maximum atomic E-state index is 11.6. The fourth-order valence-corrected chi connectivity index (χ4v) is 3.72. The molecule has 3 N–H and O–H groups in total. The zero-order valence-corrected chi connectivity index (χ0v) is 16.8. The molecule has 0 aliphatic carbocycles. The quantitative estimate of drug-likeness (QED) is 0.546. The molecule has 0 aliphatic rings. The lowest BCUT2D eigenvalue weighted by atomic mass is 10.1. The Morgan fingerprint density at radius 3 is 2.52 bits per heavy atom. The van der Waals surface area contributed by atoms with Gasteiger partial charge in [0.15, 0.2) is 0 Å². The molecule has 3 aromatic rings. The van der Waals surface area contributed by atoms with Crippen LogP contribution in [0.3, 0.4) is 0 Å². The first-order valence-corrected chi connectivity index (χ1v) is 10.4. The Hall–Kier alpha value is -2.27. The molecular weight excluding hydrogens is 365 g/mol. The number of H-pyrrole nitrogens is 1. The van der Waals surface area contributed by atoms with E-state index < -0.39 is 7.60 Å². The van der Waals surface area contributed by atoms with Gasteiger partial charge in [0.1, 0.15) is 22.7 Å². The molecule has 0 amide bonds. The van der Waals surface area contributed by atoms with Crippen LogP contribution in [-0.4, -0.2) is 21.9 Å². The van der Waals surface area contributed by atoms with Crippen molar-refractivity contribution in [2.75, 3.05) is 7.11 Å². The third-order valence-corrected chi connectivity index (χ3v) is 5.55. The second-order valence-electron chi connectivity index (χ2n) is 6.63. The zero-order valence-electron chi connectivity index (χ0n) is 15.9. The number of methoxy groups -OCH3 is 1. The van der Waals surface area contributed by atoms with Gasteiger partial charge in [-0.2, -0.15) is 0 Å². The molecule has 1 heterocycles. The SMILES string of the molecule is CCCc1cc(Oc2c(C)c(C)cc3[nH]c(P(=O)(O)O)cc23)ccc1OC. The van der Waals surface area contributed by atoms with Crippen molar-refractivity contribution >= 4 is 23.9 Å². The summed E-state index contributed by atoms with van der Waals surface area (Å²) in [4.78, 5) is 21.8. The Kier molecular flexibility index (Phi) is 5.33. The van der Waals surface area contributed by atoms with Gasteiger partial charge in [-0.15, -0.1) is 0 Å². The molecule has 144 valence electrons. The summed E-state index contributed by atoms with van der Waals surface area (Å²) in [6.45, 7) is 5.98. The summed E-state index contributed by atoms with van der Waals surface area (Å²) in [6, 6.07) is 9.00. The van der Waals surface area contributed by atoms with Gasteiger partial charge in [0, 0.05) is 5.39 Å². The maximum Gasteiger partial charge on any atom is 0.372 e. The van der Waals surface area contributed by atoms with E-state index in [9.17, 15) is 14.4 Å². The fraction of sp³-hybridized carbons (Fsp3) is 0.300. The molecule has 7 heteroatoms. The summed E-state index contributed by atoms with van der Waals surface area (Å²) < 4.78 is 23.2. The maximum absolute atomic E-state index is 11.6. The predicted molar refractivity (Wildman–Crippen MR) is 107 cm³/mol. The van der Waals surface area contributed by atoms with E-state index in [-0.39, 0.29) is 5.44 Å². The summed E-state index contributed by atoms with van der Waals surface area (Å²) in [7, 11) is -2.73. The molecule has 3 rings (SSSR count). The van der Waals surface area contributed by atoms with Crippen LogP contribution in [0.2, 0.25) is 0 Å². The summed E-state index contributed by atoms with van der Waals surface area (Å²) >= 11 is 0. The van der Waals surface area contributed by atoms with Crippen molar-refractivity contribution in [3.8, 4) is 17.2 Å². The van der Waals surface area contributed by atoms with Gasteiger partial charge < -0.3 is 24.2 Å². The summed E-state index contributed by atoms with van der Waals surface area (Å²) in [5.41, 5.74) is 3.47. The average Bonchev–Trinajstić information content (AvgIpc) is 3.03. The highest BCUT2D eigenvalue weighted by atomic mass is 31.2. The molecule has 2 aromatic carbocycles. The van der Waals surface area contributed by atoms with Crippen LogP contribution in [-0.2, 0) is 11.0 Å². The Morgan fingerprint density at radius 1 is 1.15 bits per heavy atom. The molecule has 0 radical (unpaired) electrons. The standard InChI is InChI=1S/C20H24NO5P/c1-5-6-14-10-15(7-8-18(14)25-4)26-20-13(3)12(2)9-17-16(20)11-19(21-17)27(22,23)24/h7-11,21H,5-6H2,1-4H3,(H2,22,23,24). The number of rotatable bonds is 6. The van der Waals surface area contributed by atoms with Gasteiger partial charge in [-0.1, -0.05) is 13.3 Å². The van der Waals surface area contributed by atoms with Crippen molar-refractivity contribution in [2.45, 2.75) is 33.6 Å². The van der Waals surface area contributed by atoms with E-state index >= 15 is 0 Å². The Morgan fingerprint density at radius 2 is 1.89 bits per heavy atom. The van der Waals surface area contributed by atoms with E-state index in [1.165, 1.54) is 6.07 Å². The lowest BCUT2D eigenvalue weighted by Gasteiger charge is -2.15. The number of benzene rings is 2. The van der Waals surface area contributed by atoms with Crippen LogP contribution in [0.4, 0.5) is 0 Å². The van der Waals surface area contributed by atoms with Gasteiger partial charge in [-0.3, -0.25) is 4.57 Å². The van der Waals surface area contributed by atoms with Crippen molar-refractivity contribution in [1.82, 2.24) is 4.98 Å². The highest BCUT2D eigenvalue weighted by Crippen LogP contribution is 2.40. The molecule has 6 nitrogen and oxygen atoms in total. The Bertz CT molecular complexity index is 1030. The van der Waals surface area contributed by atoms with Crippen LogP contribution in [0, 0.1) is 13.8 Å². The van der Waals surface area contributed by atoms with E-state index in [0.29, 0.717) is 22.4 Å². The molecule has 0 atom stereocenters. The van der Waals surface area contributed by atoms with Crippen molar-refractivity contribution in [3.05, 3.63) is 47.0 Å². The number of aryl methyl sites for hydroxylation is 2. The minimum atomic E-state index is -4.38. The number of nitrogens with one attached hydrogen (secondary N) is 1. The summed E-state index contributed by atoms with van der Waals surface area (Å²) in [5, 5.41) is 0.643. The summed E-state index contributed by atoms with van der Waals surface area (Å²) in [6.07, 6.45) is 1.85. The van der Waals surface area contributed by atoms with Crippen LogP contribution in [0.15, 0.2) is 30.3 Å². The van der Waals surface area contributed by atoms with Crippen LogP contribution < -0.4 is 14.9 Å². The van der Waals surface area contributed by atoms with Crippen LogP contribution in [0.25, 0.3) is 10.9 Å². The molecule has 0 aliphatic heterocycles. The van der Waals surface area contributed by atoms with Crippen LogP contribution in [0.5, 0.6) is 17.2 Å². The topological polar surface area (TPSA) is 91.8 Å². The first-order chi connectivity index (χ1) is 12.7. The third-order valence-electron chi connectivity index (χ3n) is 4.68. The van der Waals surface area contributed by atoms with Gasteiger partial charge in [0.2, 0.25) is 0 Å². The normalized spacial score (nSPS) is 11.8. The fourth-order valence-electron chi connectivity index (χ4n) is 3.15. The van der Waals surface area contributed by atoms with E-state index in [1.54, 1.807) is 7.11 Å². The predicted octanol–water partition coefficient (Wildman–Crippen LogP) is 4.34. The number of hydrogen-bond acceptors (Lipinski definition) is 3. The highest BCUT2D eigenvalue weighted by molar-refractivity contribution is 7.60. The average molecular weight is 389 g/mol. The van der Waals surface area contributed by atoms with Gasteiger partial charge >= 0.3 is 7.60 Å². The first kappa shape index (κ1) is 19.5. The number of fused-ring (bicyclic) bond motifs is 1. The third kappa shape index (κ3) is 3.88. The largest absolute Gasteiger partial charge is 0.496 e. The smallest absolute Gasteiger partial charge is 0.372 e. The molecule has 0 saturated carbocycles. The van der Waals surface area contributed by atoms with E-state index in [0.717, 1.165) is 35.3 Å². The van der Waals surface area contributed by atoms with Crippen molar-refractivity contribution < 1.29 is 23.8 Å². The van der Waals surface area contributed by atoms with E-state index in [4.69, 9.17) is 9.47 Å². The van der Waals surface area contributed by atoms with Crippen molar-refractivity contribution in [3.63, 3.8) is 0 Å². The number of hydrogen-bond donors (Lipinski definition) is 3. The van der Waals surface area contributed by atoms with Crippen molar-refractivity contribution in [1.29, 1.82) is 0 Å². The van der Waals surface area contributed by atoms with Gasteiger partial charge in [0.05, 0.1) is 12.6 Å². The molecular formula is C20H24NO5P. The minimum Gasteiger partial charge on any atom is -0.496 e. The van der Waals surface area contributed by atoms with Crippen molar-refractivity contribution in [2.24, 2.45) is 0 Å². The van der Waals surface area contributed by atoms with Gasteiger partial charge in [-0.05, 0) is 67.3 Å². The number of ether oxygens (including phenoxy) is 2. The molecule has 1 aromatic heterocycles. The molecule has 0 fully saturated rings. The van der Waals surface area contributed by atoms with Gasteiger partial charge in [-0.25, -0.2) is 0 Å². The lowest BCUT2D eigenvalue weighted by Crippen LogP contribution is -2.03. The Labute approximate surface area is 158 Å². The van der Waals surface area contributed by atoms with Crippen LogP contribution in [0.1, 0.15) is 30.0 Å². The summed E-state index contributed by atoms with van der Waals surface area (Å²) in [5.74, 6) is 2.07.